The van der Waals surface area contributed by atoms with Crippen molar-refractivity contribution in [3.63, 3.8) is 0 Å². The van der Waals surface area contributed by atoms with E-state index in [4.69, 9.17) is 17.3 Å². The summed E-state index contributed by atoms with van der Waals surface area (Å²) < 4.78 is 0. The van der Waals surface area contributed by atoms with E-state index in [9.17, 15) is 9.59 Å². The number of nitrogens with two attached hydrogens (primary N) is 1. The molecule has 1 spiro atoms. The Balaban J connectivity index is 1.51. The summed E-state index contributed by atoms with van der Waals surface area (Å²) in [4.78, 5) is 32.7. The zero-order valence-electron chi connectivity index (χ0n) is 17.6. The normalized spacial score (nSPS) is 20.2. The minimum atomic E-state index is -0.245. The number of nitrogens with zero attached hydrogens (tertiary/aromatic N) is 3. The molecule has 0 bridgehead atoms. The van der Waals surface area contributed by atoms with Crippen LogP contribution in [0.1, 0.15) is 31.2 Å². The van der Waals surface area contributed by atoms with Crippen molar-refractivity contribution >= 4 is 40.6 Å². The number of piperidine rings is 1. The van der Waals surface area contributed by atoms with E-state index < -0.39 is 0 Å². The van der Waals surface area contributed by atoms with Crippen LogP contribution in [0.2, 0.25) is 5.02 Å². The number of carbonyl (C=O) groups excluding carboxylic acids is 2. The average molecular weight is 440 g/mol. The molecule has 1 aromatic carbocycles. The van der Waals surface area contributed by atoms with Gasteiger partial charge in [-0.05, 0) is 48.9 Å². The van der Waals surface area contributed by atoms with Gasteiger partial charge in [0, 0.05) is 50.6 Å². The highest BCUT2D eigenvalue weighted by molar-refractivity contribution is 6.36. The fourth-order valence-electron chi connectivity index (χ4n) is 5.19. The fourth-order valence-corrected chi connectivity index (χ4v) is 5.46. The molecule has 2 saturated heterocycles. The van der Waals surface area contributed by atoms with E-state index in [1.807, 2.05) is 19.2 Å². The minimum absolute atomic E-state index is 0.135. The third kappa shape index (κ3) is 3.22. The molecule has 0 radical (unpaired) electrons. The topological polar surface area (TPSA) is 91.6 Å². The van der Waals surface area contributed by atoms with Crippen LogP contribution in [0.3, 0.4) is 0 Å². The molecule has 0 atom stereocenters. The molecule has 2 aromatic rings. The van der Waals surface area contributed by atoms with Crippen molar-refractivity contribution in [2.24, 2.45) is 5.41 Å². The van der Waals surface area contributed by atoms with Gasteiger partial charge in [-0.1, -0.05) is 17.7 Å². The number of nitrogen functional groups attached to an aromatic ring is 1. The van der Waals surface area contributed by atoms with Gasteiger partial charge < -0.3 is 20.9 Å². The monoisotopic (exact) mass is 439 g/mol. The molecule has 3 N–H and O–H groups in total. The van der Waals surface area contributed by atoms with Crippen LogP contribution in [0.4, 0.5) is 17.2 Å². The number of amides is 2. The van der Waals surface area contributed by atoms with Gasteiger partial charge in [-0.15, -0.1) is 0 Å². The zero-order chi connectivity index (χ0) is 21.8. The Kier molecular flexibility index (Phi) is 4.81. The number of nitrogens with one attached hydrogen (secondary N) is 1. The van der Waals surface area contributed by atoms with Crippen LogP contribution >= 0.6 is 11.6 Å². The summed E-state index contributed by atoms with van der Waals surface area (Å²) in [6.07, 6.45) is 5.51. The van der Waals surface area contributed by atoms with Gasteiger partial charge in [0.05, 0.1) is 11.1 Å². The van der Waals surface area contributed by atoms with Gasteiger partial charge >= 0.3 is 0 Å². The van der Waals surface area contributed by atoms with E-state index in [0.717, 1.165) is 73.4 Å². The second kappa shape index (κ2) is 7.41. The van der Waals surface area contributed by atoms with Gasteiger partial charge in [0.2, 0.25) is 11.8 Å². The number of fused-ring (bicyclic) bond motifs is 1. The first-order valence-corrected chi connectivity index (χ1v) is 11.1. The van der Waals surface area contributed by atoms with Crippen LogP contribution in [0.15, 0.2) is 24.4 Å². The summed E-state index contributed by atoms with van der Waals surface area (Å²) in [5.41, 5.74) is 10.7. The number of hydrogen-bond acceptors (Lipinski definition) is 5. The molecule has 5 rings (SSSR count). The molecule has 0 unspecified atom stereocenters. The predicted octanol–water partition coefficient (Wildman–Crippen LogP) is 3.00. The molecular formula is C23H26ClN5O2. The number of aryl methyl sites for hydroxylation is 1. The number of hydrogen-bond donors (Lipinski definition) is 2. The molecule has 1 aromatic heterocycles. The third-order valence-corrected chi connectivity index (χ3v) is 7.53. The van der Waals surface area contributed by atoms with Crippen LogP contribution < -0.4 is 20.9 Å². The summed E-state index contributed by atoms with van der Waals surface area (Å²) in [5.74, 6) is 0.625. The smallest absolute Gasteiger partial charge is 0.227 e. The Bertz CT molecular complexity index is 1080. The lowest BCUT2D eigenvalue weighted by Gasteiger charge is -2.39. The molecule has 3 aliphatic heterocycles. The second-order valence-electron chi connectivity index (χ2n) is 8.79. The molecule has 3 aliphatic rings. The van der Waals surface area contributed by atoms with Crippen molar-refractivity contribution < 1.29 is 9.59 Å². The Hall–Kier alpha value is -2.80. The van der Waals surface area contributed by atoms with E-state index in [1.165, 1.54) is 0 Å². The lowest BCUT2D eigenvalue weighted by molar-refractivity contribution is -0.128. The number of carbonyl (C=O) groups is 2. The number of aromatic nitrogens is 1. The van der Waals surface area contributed by atoms with Crippen molar-refractivity contribution in [3.05, 3.63) is 35.0 Å². The van der Waals surface area contributed by atoms with E-state index >= 15 is 0 Å². The van der Waals surface area contributed by atoms with Crippen molar-refractivity contribution in [2.45, 2.75) is 32.1 Å². The van der Waals surface area contributed by atoms with Gasteiger partial charge in [-0.3, -0.25) is 9.59 Å². The van der Waals surface area contributed by atoms with Crippen molar-refractivity contribution in [1.29, 1.82) is 0 Å². The average Bonchev–Trinajstić information content (AvgIpc) is 3.13. The maximum atomic E-state index is 12.4. The maximum Gasteiger partial charge on any atom is 0.227 e. The largest absolute Gasteiger partial charge is 0.382 e. The molecule has 31 heavy (non-hydrogen) atoms. The Morgan fingerprint density at radius 2 is 1.94 bits per heavy atom. The zero-order valence-corrected chi connectivity index (χ0v) is 18.3. The van der Waals surface area contributed by atoms with E-state index in [1.54, 1.807) is 11.1 Å². The summed E-state index contributed by atoms with van der Waals surface area (Å²) >= 11 is 6.69. The van der Waals surface area contributed by atoms with E-state index in [-0.39, 0.29) is 17.2 Å². The number of benzene rings is 1. The molecule has 2 amide bonds. The van der Waals surface area contributed by atoms with Crippen LogP contribution in [0.25, 0.3) is 11.1 Å². The molecule has 0 saturated carbocycles. The van der Waals surface area contributed by atoms with Gasteiger partial charge in [-0.25, -0.2) is 4.98 Å². The summed E-state index contributed by atoms with van der Waals surface area (Å²) in [7, 11) is 1.82. The number of rotatable bonds is 2. The Labute approximate surface area is 186 Å². The Morgan fingerprint density at radius 3 is 2.65 bits per heavy atom. The lowest BCUT2D eigenvalue weighted by Crippen LogP contribution is -2.44. The molecule has 4 heterocycles. The number of pyridine rings is 1. The summed E-state index contributed by atoms with van der Waals surface area (Å²) in [6.45, 7) is 2.25. The maximum absolute atomic E-state index is 12.4. The Morgan fingerprint density at radius 1 is 1.16 bits per heavy atom. The first-order chi connectivity index (χ1) is 14.9. The molecule has 0 aliphatic carbocycles. The van der Waals surface area contributed by atoms with Crippen LogP contribution in [0, 0.1) is 5.41 Å². The van der Waals surface area contributed by atoms with E-state index in [0.29, 0.717) is 17.3 Å². The highest BCUT2D eigenvalue weighted by Crippen LogP contribution is 2.45. The molecule has 7 nitrogen and oxygen atoms in total. The van der Waals surface area contributed by atoms with E-state index in [2.05, 4.69) is 21.3 Å². The van der Waals surface area contributed by atoms with Crippen LogP contribution in [-0.4, -0.2) is 43.5 Å². The standard InChI is InChI=1S/C23H26ClN5O2/c1-28-17-4-2-14(12-15(17)3-5-18(28)30)16-13-27-21(25)19(24)20(16)29-10-7-23(8-11-29)6-9-26-22(23)31/h2,4,12-13H,3,5-11H2,1H3,(H2,25,27)(H,26,31). The second-order valence-corrected chi connectivity index (χ2v) is 9.17. The van der Waals surface area contributed by atoms with Crippen molar-refractivity contribution in [2.75, 3.05) is 42.2 Å². The highest BCUT2D eigenvalue weighted by Gasteiger charge is 2.44. The first kappa shape index (κ1) is 20.1. The molecule has 162 valence electrons. The first-order valence-electron chi connectivity index (χ1n) is 10.8. The summed E-state index contributed by atoms with van der Waals surface area (Å²) in [5, 5.41) is 3.44. The van der Waals surface area contributed by atoms with Gasteiger partial charge in [-0.2, -0.15) is 0 Å². The number of anilines is 3. The minimum Gasteiger partial charge on any atom is -0.382 e. The van der Waals surface area contributed by atoms with Gasteiger partial charge in [0.25, 0.3) is 0 Å². The fraction of sp³-hybridized carbons (Fsp3) is 0.435. The molecule has 8 heteroatoms. The quantitative estimate of drug-likeness (QED) is 0.750. The molecule has 2 fully saturated rings. The van der Waals surface area contributed by atoms with Crippen molar-refractivity contribution in [1.82, 2.24) is 10.3 Å². The molecular weight excluding hydrogens is 414 g/mol. The van der Waals surface area contributed by atoms with Gasteiger partial charge in [0.15, 0.2) is 0 Å². The third-order valence-electron chi connectivity index (χ3n) is 7.16. The number of halogens is 1. The van der Waals surface area contributed by atoms with Crippen molar-refractivity contribution in [3.8, 4) is 11.1 Å². The van der Waals surface area contributed by atoms with Crippen LogP contribution in [-0.2, 0) is 16.0 Å². The summed E-state index contributed by atoms with van der Waals surface area (Å²) in [6, 6.07) is 6.13. The SMILES string of the molecule is CN1C(=O)CCc2cc(-c3cnc(N)c(Cl)c3N3CCC4(CCNC4=O)CC3)ccc21. The lowest BCUT2D eigenvalue weighted by atomic mass is 9.77. The van der Waals surface area contributed by atoms with Crippen LogP contribution in [0.5, 0.6) is 0 Å². The van der Waals surface area contributed by atoms with Gasteiger partial charge in [0.1, 0.15) is 10.8 Å². The predicted molar refractivity (Wildman–Crippen MR) is 122 cm³/mol. The highest BCUT2D eigenvalue weighted by atomic mass is 35.5.